The van der Waals surface area contributed by atoms with Crippen molar-refractivity contribution in [2.45, 2.75) is 6.42 Å². The normalized spacial score (nSPS) is 10.8. The van der Waals surface area contributed by atoms with E-state index in [9.17, 15) is 4.79 Å². The van der Waals surface area contributed by atoms with Crippen molar-refractivity contribution in [2.75, 3.05) is 5.32 Å². The molecule has 0 spiro atoms. The predicted molar refractivity (Wildman–Crippen MR) is 121 cm³/mol. The quantitative estimate of drug-likeness (QED) is 0.393. The Hall–Kier alpha value is -3.97. The van der Waals surface area contributed by atoms with E-state index in [1.54, 1.807) is 11.3 Å². The summed E-state index contributed by atoms with van der Waals surface area (Å²) in [5.74, 6) is 0.909. The van der Waals surface area contributed by atoms with Gasteiger partial charge in [-0.15, -0.1) is 11.3 Å². The molecular formula is C24H18N4O2S. The molecule has 1 N–H and O–H groups in total. The highest BCUT2D eigenvalue weighted by molar-refractivity contribution is 7.13. The molecule has 0 aliphatic heterocycles. The number of anilines is 1. The van der Waals surface area contributed by atoms with Crippen molar-refractivity contribution in [3.63, 3.8) is 0 Å². The Morgan fingerprint density at radius 3 is 2.55 bits per heavy atom. The molecule has 0 saturated heterocycles. The van der Waals surface area contributed by atoms with Gasteiger partial charge >= 0.3 is 0 Å². The largest absolute Gasteiger partial charge is 0.339 e. The molecule has 0 bridgehead atoms. The lowest BCUT2D eigenvalue weighted by Gasteiger charge is -2.10. The van der Waals surface area contributed by atoms with Crippen LogP contribution in [-0.4, -0.2) is 20.6 Å². The van der Waals surface area contributed by atoms with E-state index in [1.165, 1.54) is 0 Å². The molecule has 3 heterocycles. The summed E-state index contributed by atoms with van der Waals surface area (Å²) in [5, 5.41) is 9.03. The summed E-state index contributed by atoms with van der Waals surface area (Å²) in [5.41, 5.74) is 3.21. The number of amides is 1. The summed E-state index contributed by atoms with van der Waals surface area (Å²) in [4.78, 5) is 18.2. The van der Waals surface area contributed by atoms with Gasteiger partial charge in [-0.25, -0.2) is 0 Å². The fourth-order valence-electron chi connectivity index (χ4n) is 3.28. The molecule has 6 nitrogen and oxygen atoms in total. The highest BCUT2D eigenvalue weighted by Gasteiger charge is 2.14. The van der Waals surface area contributed by atoms with Crippen LogP contribution >= 0.6 is 11.3 Å². The van der Waals surface area contributed by atoms with Gasteiger partial charge in [0.25, 0.3) is 5.91 Å². The standard InChI is InChI=1S/C24H18N4O2S/c29-24(17-9-11-19(12-10-17)28-13-3-4-14-28)25-20-7-2-1-6-18(20)16-22-26-23(27-30-22)21-8-5-15-31-21/h1-15H,16H2,(H,25,29). The zero-order valence-electron chi connectivity index (χ0n) is 16.4. The Balaban J connectivity index is 1.32. The van der Waals surface area contributed by atoms with Gasteiger partial charge in [-0.05, 0) is 59.5 Å². The van der Waals surface area contributed by atoms with Crippen molar-refractivity contribution in [1.29, 1.82) is 0 Å². The maximum Gasteiger partial charge on any atom is 0.255 e. The summed E-state index contributed by atoms with van der Waals surface area (Å²) in [7, 11) is 0. The van der Waals surface area contributed by atoms with E-state index in [-0.39, 0.29) is 5.91 Å². The predicted octanol–water partition coefficient (Wildman–Crippen LogP) is 5.43. The lowest BCUT2D eigenvalue weighted by atomic mass is 10.1. The Morgan fingerprint density at radius 1 is 0.968 bits per heavy atom. The van der Waals surface area contributed by atoms with Crippen molar-refractivity contribution in [3.8, 4) is 16.4 Å². The number of aromatic nitrogens is 3. The molecule has 31 heavy (non-hydrogen) atoms. The van der Waals surface area contributed by atoms with E-state index in [4.69, 9.17) is 4.52 Å². The van der Waals surface area contributed by atoms with Crippen LogP contribution in [-0.2, 0) is 6.42 Å². The van der Waals surface area contributed by atoms with E-state index >= 15 is 0 Å². The fourth-order valence-corrected chi connectivity index (χ4v) is 3.93. The highest BCUT2D eigenvalue weighted by Crippen LogP contribution is 2.24. The van der Waals surface area contributed by atoms with Gasteiger partial charge in [-0.1, -0.05) is 29.4 Å². The minimum atomic E-state index is -0.170. The number of nitrogens with one attached hydrogen (secondary N) is 1. The first-order valence-electron chi connectivity index (χ1n) is 9.75. The topological polar surface area (TPSA) is 73.0 Å². The zero-order chi connectivity index (χ0) is 21.0. The van der Waals surface area contributed by atoms with E-state index in [0.717, 1.165) is 21.8 Å². The van der Waals surface area contributed by atoms with Crippen molar-refractivity contribution in [1.82, 2.24) is 14.7 Å². The third-order valence-electron chi connectivity index (χ3n) is 4.85. The molecule has 5 rings (SSSR count). The van der Waals surface area contributed by atoms with Crippen LogP contribution in [0.1, 0.15) is 21.8 Å². The monoisotopic (exact) mass is 426 g/mol. The van der Waals surface area contributed by atoms with Crippen LogP contribution in [0.3, 0.4) is 0 Å². The third kappa shape index (κ3) is 4.17. The van der Waals surface area contributed by atoms with Crippen molar-refractivity contribution < 1.29 is 9.32 Å². The van der Waals surface area contributed by atoms with Crippen LogP contribution in [0.4, 0.5) is 5.69 Å². The van der Waals surface area contributed by atoms with Gasteiger partial charge in [-0.2, -0.15) is 4.98 Å². The van der Waals surface area contributed by atoms with Gasteiger partial charge in [0.05, 0.1) is 11.3 Å². The molecule has 5 aromatic rings. The molecule has 0 unspecified atom stereocenters. The number of hydrogen-bond acceptors (Lipinski definition) is 5. The second-order valence-electron chi connectivity index (χ2n) is 6.91. The molecule has 0 fully saturated rings. The minimum absolute atomic E-state index is 0.170. The Bertz CT molecular complexity index is 1290. The van der Waals surface area contributed by atoms with Gasteiger partial charge < -0.3 is 14.4 Å². The molecule has 0 radical (unpaired) electrons. The van der Waals surface area contributed by atoms with Crippen LogP contribution in [0.2, 0.25) is 0 Å². The Labute approximate surface area is 182 Å². The SMILES string of the molecule is O=C(Nc1ccccc1Cc1nc(-c2cccs2)no1)c1ccc(-n2cccc2)cc1. The van der Waals surface area contributed by atoms with Gasteiger partial charge in [0, 0.05) is 29.3 Å². The number of hydrogen-bond donors (Lipinski definition) is 1. The zero-order valence-corrected chi connectivity index (χ0v) is 17.3. The summed E-state index contributed by atoms with van der Waals surface area (Å²) in [6, 6.07) is 22.9. The average molecular weight is 427 g/mol. The highest BCUT2D eigenvalue weighted by atomic mass is 32.1. The van der Waals surface area contributed by atoms with E-state index in [0.29, 0.717) is 23.7 Å². The first-order chi connectivity index (χ1) is 15.3. The second kappa shape index (κ2) is 8.41. The first kappa shape index (κ1) is 19.0. The van der Waals surface area contributed by atoms with Crippen molar-refractivity contribution >= 4 is 22.9 Å². The van der Waals surface area contributed by atoms with Crippen molar-refractivity contribution in [3.05, 3.63) is 108 Å². The van der Waals surface area contributed by atoms with Crippen LogP contribution < -0.4 is 5.32 Å². The number of para-hydroxylation sites is 1. The molecule has 0 aliphatic rings. The molecule has 0 aliphatic carbocycles. The van der Waals surface area contributed by atoms with E-state index < -0.39 is 0 Å². The maximum atomic E-state index is 12.8. The van der Waals surface area contributed by atoms with E-state index in [1.807, 2.05) is 95.1 Å². The molecule has 3 aromatic heterocycles. The number of carbonyl (C=O) groups excluding carboxylic acids is 1. The van der Waals surface area contributed by atoms with Gasteiger partial charge in [0.2, 0.25) is 11.7 Å². The number of rotatable bonds is 6. The molecular weight excluding hydrogens is 408 g/mol. The number of carbonyl (C=O) groups is 1. The molecule has 0 atom stereocenters. The van der Waals surface area contributed by atoms with Crippen LogP contribution in [0, 0.1) is 0 Å². The summed E-state index contributed by atoms with van der Waals surface area (Å²) >= 11 is 1.56. The molecule has 0 saturated carbocycles. The fraction of sp³-hybridized carbons (Fsp3) is 0.0417. The average Bonchev–Trinajstić information content (AvgIpc) is 3.57. The summed E-state index contributed by atoms with van der Waals surface area (Å²) < 4.78 is 7.41. The lowest BCUT2D eigenvalue weighted by molar-refractivity contribution is 0.102. The van der Waals surface area contributed by atoms with Gasteiger partial charge in [0.15, 0.2) is 0 Å². The Kier molecular flexibility index (Phi) is 5.16. The minimum Gasteiger partial charge on any atom is -0.339 e. The molecule has 152 valence electrons. The third-order valence-corrected chi connectivity index (χ3v) is 5.71. The lowest BCUT2D eigenvalue weighted by Crippen LogP contribution is -2.13. The molecule has 7 heteroatoms. The van der Waals surface area contributed by atoms with E-state index in [2.05, 4.69) is 15.5 Å². The van der Waals surface area contributed by atoms with Crippen LogP contribution in [0.25, 0.3) is 16.4 Å². The number of thiophene rings is 1. The maximum absolute atomic E-state index is 12.8. The van der Waals surface area contributed by atoms with Crippen molar-refractivity contribution in [2.24, 2.45) is 0 Å². The van der Waals surface area contributed by atoms with Crippen LogP contribution in [0.5, 0.6) is 0 Å². The van der Waals surface area contributed by atoms with Gasteiger partial charge in [0.1, 0.15) is 0 Å². The number of nitrogens with zero attached hydrogens (tertiary/aromatic N) is 3. The van der Waals surface area contributed by atoms with Crippen LogP contribution in [0.15, 0.2) is 95.1 Å². The first-order valence-corrected chi connectivity index (χ1v) is 10.6. The second-order valence-corrected chi connectivity index (χ2v) is 7.86. The summed E-state index contributed by atoms with van der Waals surface area (Å²) in [6.45, 7) is 0. The Morgan fingerprint density at radius 2 is 1.77 bits per heavy atom. The molecule has 2 aromatic carbocycles. The summed E-state index contributed by atoms with van der Waals surface area (Å²) in [6.07, 6.45) is 4.36. The smallest absolute Gasteiger partial charge is 0.255 e. The molecule has 1 amide bonds. The van der Waals surface area contributed by atoms with Gasteiger partial charge in [-0.3, -0.25) is 4.79 Å². The number of benzene rings is 2.